The molecule has 56 heavy (non-hydrogen) atoms. The van der Waals surface area contributed by atoms with Crippen LogP contribution in [-0.4, -0.2) is 24.1 Å². The number of benzene rings is 8. The molecule has 0 aliphatic heterocycles. The van der Waals surface area contributed by atoms with Crippen LogP contribution in [0.4, 0.5) is 0 Å². The minimum atomic E-state index is 0.632. The van der Waals surface area contributed by atoms with Crippen molar-refractivity contribution in [3.05, 3.63) is 200 Å². The van der Waals surface area contributed by atoms with Crippen molar-refractivity contribution in [2.45, 2.75) is 0 Å². The lowest BCUT2D eigenvalue weighted by Crippen LogP contribution is -2.01. The van der Waals surface area contributed by atoms with Crippen LogP contribution in [0.15, 0.2) is 200 Å². The van der Waals surface area contributed by atoms with Gasteiger partial charge in [0.15, 0.2) is 17.5 Å². The van der Waals surface area contributed by atoms with Crippen molar-refractivity contribution < 1.29 is 0 Å². The molecule has 0 bridgehead atoms. The molecule has 0 saturated carbocycles. The summed E-state index contributed by atoms with van der Waals surface area (Å²) in [5, 5.41) is 4.88. The molecule has 262 valence electrons. The van der Waals surface area contributed by atoms with Gasteiger partial charge in [0, 0.05) is 49.6 Å². The standard InChI is InChI=1S/C51H33N5/c1-4-17-34(18-5-1)49-52-50(35-19-6-2-7-20-35)54-51(53-49)42-28-11-10-25-39(42)36-21-16-24-38(31-36)56-46-30-15-13-27-41(46)44-32-47-43(33-48(44)56)40-26-12-14-29-45(40)55(47)37-22-8-3-9-23-37/h1-33H. The van der Waals surface area contributed by atoms with Gasteiger partial charge in [-0.15, -0.1) is 0 Å². The molecule has 0 aliphatic carbocycles. The Hall–Kier alpha value is -7.63. The molecule has 0 amide bonds. The molecule has 3 heterocycles. The zero-order valence-corrected chi connectivity index (χ0v) is 30.3. The fourth-order valence-electron chi connectivity index (χ4n) is 8.24. The first-order valence-corrected chi connectivity index (χ1v) is 18.9. The van der Waals surface area contributed by atoms with Crippen LogP contribution in [0.25, 0.3) is 100 Å². The third kappa shape index (κ3) is 5.21. The average Bonchev–Trinajstić information content (AvgIpc) is 3.78. The van der Waals surface area contributed by atoms with E-state index >= 15 is 0 Å². The maximum absolute atomic E-state index is 5.09. The number of rotatable bonds is 6. The Bertz CT molecular complexity index is 3180. The first-order valence-electron chi connectivity index (χ1n) is 18.9. The smallest absolute Gasteiger partial charge is 0.164 e. The average molecular weight is 716 g/mol. The van der Waals surface area contributed by atoms with E-state index in [-0.39, 0.29) is 0 Å². The van der Waals surface area contributed by atoms with Crippen LogP contribution in [0.5, 0.6) is 0 Å². The third-order valence-corrected chi connectivity index (χ3v) is 10.8. The normalized spacial score (nSPS) is 11.6. The summed E-state index contributed by atoms with van der Waals surface area (Å²) in [6.07, 6.45) is 0. The quantitative estimate of drug-likeness (QED) is 0.172. The highest BCUT2D eigenvalue weighted by Crippen LogP contribution is 2.40. The van der Waals surface area contributed by atoms with E-state index in [0.29, 0.717) is 17.5 Å². The summed E-state index contributed by atoms with van der Waals surface area (Å²) >= 11 is 0. The summed E-state index contributed by atoms with van der Waals surface area (Å²) in [5.74, 6) is 1.92. The summed E-state index contributed by atoms with van der Waals surface area (Å²) in [6, 6.07) is 70.4. The van der Waals surface area contributed by atoms with E-state index < -0.39 is 0 Å². The molecule has 11 aromatic rings. The molecule has 0 N–H and O–H groups in total. The van der Waals surface area contributed by atoms with Gasteiger partial charge in [0.1, 0.15) is 0 Å². The van der Waals surface area contributed by atoms with Crippen molar-refractivity contribution >= 4 is 43.6 Å². The molecule has 8 aromatic carbocycles. The molecule has 0 aliphatic rings. The predicted octanol–water partition coefficient (Wildman–Crippen LogP) is 12.7. The molecule has 11 rings (SSSR count). The second-order valence-electron chi connectivity index (χ2n) is 14.1. The first kappa shape index (κ1) is 31.9. The Kier molecular flexibility index (Phi) is 7.42. The van der Waals surface area contributed by atoms with Crippen LogP contribution >= 0.6 is 0 Å². The van der Waals surface area contributed by atoms with Crippen molar-refractivity contribution in [1.82, 2.24) is 24.1 Å². The molecule has 0 unspecified atom stereocenters. The highest BCUT2D eigenvalue weighted by molar-refractivity contribution is 6.19. The number of nitrogens with zero attached hydrogens (tertiary/aromatic N) is 5. The fraction of sp³-hybridized carbons (Fsp3) is 0. The summed E-state index contributed by atoms with van der Waals surface area (Å²) < 4.78 is 4.80. The zero-order valence-electron chi connectivity index (χ0n) is 30.3. The Morgan fingerprint density at radius 3 is 1.29 bits per heavy atom. The van der Waals surface area contributed by atoms with E-state index in [1.54, 1.807) is 0 Å². The topological polar surface area (TPSA) is 48.5 Å². The van der Waals surface area contributed by atoms with Crippen LogP contribution in [0.3, 0.4) is 0 Å². The summed E-state index contributed by atoms with van der Waals surface area (Å²) in [4.78, 5) is 15.1. The van der Waals surface area contributed by atoms with E-state index in [9.17, 15) is 0 Å². The Morgan fingerprint density at radius 2 is 0.696 bits per heavy atom. The predicted molar refractivity (Wildman–Crippen MR) is 230 cm³/mol. The van der Waals surface area contributed by atoms with Gasteiger partial charge in [0.2, 0.25) is 0 Å². The van der Waals surface area contributed by atoms with Crippen LogP contribution < -0.4 is 0 Å². The van der Waals surface area contributed by atoms with Gasteiger partial charge in [-0.3, -0.25) is 0 Å². The molecule has 5 heteroatoms. The van der Waals surface area contributed by atoms with Crippen molar-refractivity contribution in [3.8, 4) is 56.7 Å². The number of hydrogen-bond acceptors (Lipinski definition) is 3. The molecule has 0 radical (unpaired) electrons. The third-order valence-electron chi connectivity index (χ3n) is 10.8. The lowest BCUT2D eigenvalue weighted by molar-refractivity contribution is 1.07. The molecule has 5 nitrogen and oxygen atoms in total. The van der Waals surface area contributed by atoms with E-state index in [1.807, 2.05) is 60.7 Å². The van der Waals surface area contributed by atoms with Gasteiger partial charge in [-0.05, 0) is 59.7 Å². The van der Waals surface area contributed by atoms with Crippen LogP contribution in [0.2, 0.25) is 0 Å². The molecule has 3 aromatic heterocycles. The van der Waals surface area contributed by atoms with Gasteiger partial charge in [-0.25, -0.2) is 15.0 Å². The largest absolute Gasteiger partial charge is 0.309 e. The molecule has 0 spiro atoms. The maximum Gasteiger partial charge on any atom is 0.164 e. The second kappa shape index (κ2) is 13.0. The molecule has 0 fully saturated rings. The highest BCUT2D eigenvalue weighted by atomic mass is 15.0. The summed E-state index contributed by atoms with van der Waals surface area (Å²) in [5.41, 5.74) is 11.9. The number of hydrogen-bond donors (Lipinski definition) is 0. The lowest BCUT2D eigenvalue weighted by atomic mass is 9.98. The van der Waals surface area contributed by atoms with E-state index in [2.05, 4.69) is 149 Å². The maximum atomic E-state index is 5.09. The Morgan fingerprint density at radius 1 is 0.268 bits per heavy atom. The summed E-state index contributed by atoms with van der Waals surface area (Å²) in [7, 11) is 0. The van der Waals surface area contributed by atoms with Gasteiger partial charge in [0.25, 0.3) is 0 Å². The van der Waals surface area contributed by atoms with Gasteiger partial charge >= 0.3 is 0 Å². The van der Waals surface area contributed by atoms with Gasteiger partial charge < -0.3 is 9.13 Å². The monoisotopic (exact) mass is 715 g/mol. The second-order valence-corrected chi connectivity index (χ2v) is 14.1. The number of para-hydroxylation sites is 3. The van der Waals surface area contributed by atoms with Crippen LogP contribution in [0.1, 0.15) is 0 Å². The van der Waals surface area contributed by atoms with E-state index in [4.69, 9.17) is 15.0 Å². The molecular weight excluding hydrogens is 683 g/mol. The first-order chi connectivity index (χ1) is 27.8. The van der Waals surface area contributed by atoms with Crippen molar-refractivity contribution in [3.63, 3.8) is 0 Å². The van der Waals surface area contributed by atoms with Gasteiger partial charge in [-0.2, -0.15) is 0 Å². The van der Waals surface area contributed by atoms with Crippen molar-refractivity contribution in [1.29, 1.82) is 0 Å². The number of aromatic nitrogens is 5. The van der Waals surface area contributed by atoms with E-state index in [1.165, 1.54) is 32.6 Å². The van der Waals surface area contributed by atoms with Crippen molar-refractivity contribution in [2.24, 2.45) is 0 Å². The zero-order chi connectivity index (χ0) is 37.0. The van der Waals surface area contributed by atoms with Gasteiger partial charge in [-0.1, -0.05) is 152 Å². The van der Waals surface area contributed by atoms with Gasteiger partial charge in [0.05, 0.1) is 22.1 Å². The van der Waals surface area contributed by atoms with Crippen LogP contribution in [0, 0.1) is 0 Å². The minimum absolute atomic E-state index is 0.632. The lowest BCUT2D eigenvalue weighted by Gasteiger charge is -2.14. The molecule has 0 atom stereocenters. The number of fused-ring (bicyclic) bond motifs is 6. The highest BCUT2D eigenvalue weighted by Gasteiger charge is 2.20. The summed E-state index contributed by atoms with van der Waals surface area (Å²) in [6.45, 7) is 0. The van der Waals surface area contributed by atoms with E-state index in [0.717, 1.165) is 50.2 Å². The SMILES string of the molecule is c1ccc(-c2nc(-c3ccccc3)nc(-c3ccccc3-c3cccc(-n4c5ccccc5c5cc6c(cc54)c4ccccc4n6-c4ccccc4)c3)n2)cc1. The minimum Gasteiger partial charge on any atom is -0.309 e. The fourth-order valence-corrected chi connectivity index (χ4v) is 8.24. The van der Waals surface area contributed by atoms with Crippen LogP contribution in [-0.2, 0) is 0 Å². The Balaban J connectivity index is 1.11. The molecule has 0 saturated heterocycles. The Labute approximate surface area is 323 Å². The molecular formula is C51H33N5. The van der Waals surface area contributed by atoms with Crippen molar-refractivity contribution in [2.75, 3.05) is 0 Å².